The molecule has 0 spiro atoms. The maximum absolute atomic E-state index is 10.8. The molecule has 60 valence electrons. The Morgan fingerprint density at radius 3 is 2.00 bits per heavy atom. The predicted octanol–water partition coefficient (Wildman–Crippen LogP) is 1.99. The highest BCUT2D eigenvalue weighted by molar-refractivity contribution is 6.57. The van der Waals surface area contributed by atoms with Crippen LogP contribution in [0, 0.1) is 5.92 Å². The van der Waals surface area contributed by atoms with Crippen molar-refractivity contribution in [2.45, 2.75) is 18.2 Å². The molecule has 0 fully saturated rings. The van der Waals surface area contributed by atoms with E-state index in [0.717, 1.165) is 0 Å². The summed E-state index contributed by atoms with van der Waals surface area (Å²) < 4.78 is 2.97. The molecule has 0 saturated heterocycles. The molecular formula is C6H10Cl2O2. The molecule has 0 amide bonds. The highest BCUT2D eigenvalue weighted by Crippen LogP contribution is 2.30. The van der Waals surface area contributed by atoms with Gasteiger partial charge >= 0.3 is 5.97 Å². The number of hydrogen-bond donors (Lipinski definition) is 0. The third kappa shape index (κ3) is 2.03. The Morgan fingerprint density at radius 2 is 1.90 bits per heavy atom. The van der Waals surface area contributed by atoms with E-state index in [9.17, 15) is 4.79 Å². The van der Waals surface area contributed by atoms with Gasteiger partial charge in [-0.1, -0.05) is 37.0 Å². The van der Waals surface area contributed by atoms with E-state index in [4.69, 9.17) is 23.2 Å². The summed E-state index contributed by atoms with van der Waals surface area (Å²) >= 11 is 11.2. The highest BCUT2D eigenvalue weighted by atomic mass is 35.5. The van der Waals surface area contributed by atoms with Crippen LogP contribution in [-0.2, 0) is 9.53 Å². The molecule has 2 nitrogen and oxygen atoms in total. The van der Waals surface area contributed by atoms with Crippen LogP contribution in [0.5, 0.6) is 0 Å². The number of alkyl halides is 2. The number of hydrogen-bond acceptors (Lipinski definition) is 2. The summed E-state index contributed by atoms with van der Waals surface area (Å²) in [6.07, 6.45) is 0. The van der Waals surface area contributed by atoms with Crippen LogP contribution in [0.4, 0.5) is 0 Å². The maximum atomic E-state index is 10.8. The van der Waals surface area contributed by atoms with Crippen molar-refractivity contribution in [3.63, 3.8) is 0 Å². The van der Waals surface area contributed by atoms with E-state index < -0.39 is 10.3 Å². The van der Waals surface area contributed by atoms with Gasteiger partial charge in [0.2, 0.25) is 4.33 Å². The zero-order valence-electron chi connectivity index (χ0n) is 6.15. The van der Waals surface area contributed by atoms with Gasteiger partial charge in [0.15, 0.2) is 0 Å². The summed E-state index contributed by atoms with van der Waals surface area (Å²) in [4.78, 5) is 10.8. The van der Waals surface area contributed by atoms with Gasteiger partial charge in [0.05, 0.1) is 7.11 Å². The molecule has 0 aromatic carbocycles. The topological polar surface area (TPSA) is 26.3 Å². The molecule has 0 aliphatic heterocycles. The Hall–Kier alpha value is 0.0500. The summed E-state index contributed by atoms with van der Waals surface area (Å²) in [7, 11) is 1.25. The normalized spacial score (nSPS) is 11.8. The minimum Gasteiger partial charge on any atom is -0.467 e. The fourth-order valence-electron chi connectivity index (χ4n) is 0.372. The Bertz CT molecular complexity index is 132. The molecule has 0 aromatic rings. The molecule has 0 saturated carbocycles. The van der Waals surface area contributed by atoms with Gasteiger partial charge in [-0.2, -0.15) is 0 Å². The number of halogens is 2. The van der Waals surface area contributed by atoms with Crippen LogP contribution in [-0.4, -0.2) is 17.4 Å². The lowest BCUT2D eigenvalue weighted by atomic mass is 10.1. The summed E-state index contributed by atoms with van der Waals surface area (Å²) in [5, 5.41) is 0. The lowest BCUT2D eigenvalue weighted by Gasteiger charge is -2.19. The average molecular weight is 185 g/mol. The van der Waals surface area contributed by atoms with Crippen molar-refractivity contribution < 1.29 is 9.53 Å². The van der Waals surface area contributed by atoms with Crippen LogP contribution in [0.2, 0.25) is 0 Å². The van der Waals surface area contributed by atoms with Gasteiger partial charge in [-0.3, -0.25) is 0 Å². The van der Waals surface area contributed by atoms with Crippen LogP contribution in [0.3, 0.4) is 0 Å². The van der Waals surface area contributed by atoms with Crippen LogP contribution in [0.15, 0.2) is 0 Å². The molecular weight excluding hydrogens is 175 g/mol. The van der Waals surface area contributed by atoms with Crippen LogP contribution in [0.1, 0.15) is 13.8 Å². The highest BCUT2D eigenvalue weighted by Gasteiger charge is 2.38. The maximum Gasteiger partial charge on any atom is 0.342 e. The van der Waals surface area contributed by atoms with Crippen molar-refractivity contribution in [1.82, 2.24) is 0 Å². The first kappa shape index (κ1) is 10.0. The smallest absolute Gasteiger partial charge is 0.342 e. The summed E-state index contributed by atoms with van der Waals surface area (Å²) in [6.45, 7) is 3.49. The molecule has 0 rings (SSSR count). The Morgan fingerprint density at radius 1 is 1.50 bits per heavy atom. The minimum atomic E-state index is -1.41. The van der Waals surface area contributed by atoms with Gasteiger partial charge in [0, 0.05) is 0 Å². The average Bonchev–Trinajstić information content (AvgIpc) is 1.86. The molecule has 0 aromatic heterocycles. The SMILES string of the molecule is COC(=O)C(Cl)(Cl)C(C)C. The van der Waals surface area contributed by atoms with Gasteiger partial charge in [-0.25, -0.2) is 4.79 Å². The molecule has 0 heterocycles. The van der Waals surface area contributed by atoms with Gasteiger partial charge in [-0.15, -0.1) is 0 Å². The number of rotatable bonds is 2. The van der Waals surface area contributed by atoms with E-state index in [1.165, 1.54) is 7.11 Å². The number of carbonyl (C=O) groups excluding carboxylic acids is 1. The van der Waals surface area contributed by atoms with Gasteiger partial charge in [0.1, 0.15) is 0 Å². The van der Waals surface area contributed by atoms with Crippen molar-refractivity contribution in [2.24, 2.45) is 5.92 Å². The molecule has 4 heteroatoms. The Labute approximate surface area is 70.4 Å². The van der Waals surface area contributed by atoms with E-state index in [1.807, 2.05) is 0 Å². The predicted molar refractivity (Wildman–Crippen MR) is 41.3 cm³/mol. The Balaban J connectivity index is 4.24. The zero-order valence-corrected chi connectivity index (χ0v) is 7.66. The van der Waals surface area contributed by atoms with Gasteiger partial charge in [0.25, 0.3) is 0 Å². The first-order valence-electron chi connectivity index (χ1n) is 2.89. The number of ether oxygens (including phenoxy) is 1. The van der Waals surface area contributed by atoms with E-state index in [2.05, 4.69) is 4.74 Å². The Kier molecular flexibility index (Phi) is 3.46. The molecule has 0 aliphatic rings. The molecule has 0 unspecified atom stereocenters. The first-order chi connectivity index (χ1) is 4.42. The molecule has 0 aliphatic carbocycles. The molecule has 0 radical (unpaired) electrons. The molecule has 0 atom stereocenters. The second-order valence-electron chi connectivity index (χ2n) is 2.27. The van der Waals surface area contributed by atoms with Crippen LogP contribution < -0.4 is 0 Å². The monoisotopic (exact) mass is 184 g/mol. The summed E-state index contributed by atoms with van der Waals surface area (Å²) in [5.41, 5.74) is 0. The third-order valence-corrected chi connectivity index (χ3v) is 2.36. The summed E-state index contributed by atoms with van der Waals surface area (Å²) in [6, 6.07) is 0. The molecule has 0 N–H and O–H groups in total. The largest absolute Gasteiger partial charge is 0.467 e. The van der Waals surface area contributed by atoms with Crippen molar-refractivity contribution in [1.29, 1.82) is 0 Å². The summed E-state index contributed by atoms with van der Waals surface area (Å²) in [5.74, 6) is -0.755. The van der Waals surface area contributed by atoms with Crippen LogP contribution >= 0.6 is 23.2 Å². The van der Waals surface area contributed by atoms with Crippen LogP contribution in [0.25, 0.3) is 0 Å². The quantitative estimate of drug-likeness (QED) is 0.485. The number of methoxy groups -OCH3 is 1. The lowest BCUT2D eigenvalue weighted by Crippen LogP contribution is -2.32. The van der Waals surface area contributed by atoms with Crippen molar-refractivity contribution in [3.05, 3.63) is 0 Å². The van der Waals surface area contributed by atoms with E-state index in [-0.39, 0.29) is 5.92 Å². The first-order valence-corrected chi connectivity index (χ1v) is 3.64. The number of carbonyl (C=O) groups is 1. The lowest BCUT2D eigenvalue weighted by molar-refractivity contribution is -0.142. The fraction of sp³-hybridized carbons (Fsp3) is 0.833. The molecule has 10 heavy (non-hydrogen) atoms. The second kappa shape index (κ2) is 3.44. The standard InChI is InChI=1S/C6H10Cl2O2/c1-4(2)6(7,8)5(9)10-3/h4H,1-3H3. The fourth-order valence-corrected chi connectivity index (χ4v) is 0.526. The second-order valence-corrected chi connectivity index (χ2v) is 3.66. The van der Waals surface area contributed by atoms with E-state index in [0.29, 0.717) is 0 Å². The minimum absolute atomic E-state index is 0.150. The third-order valence-electron chi connectivity index (χ3n) is 1.18. The van der Waals surface area contributed by atoms with Crippen molar-refractivity contribution >= 4 is 29.2 Å². The van der Waals surface area contributed by atoms with Crippen molar-refractivity contribution in [3.8, 4) is 0 Å². The van der Waals surface area contributed by atoms with Crippen molar-refractivity contribution in [2.75, 3.05) is 7.11 Å². The van der Waals surface area contributed by atoms with Gasteiger partial charge in [-0.05, 0) is 5.92 Å². The molecule has 0 bridgehead atoms. The van der Waals surface area contributed by atoms with E-state index >= 15 is 0 Å². The number of esters is 1. The van der Waals surface area contributed by atoms with E-state index in [1.54, 1.807) is 13.8 Å². The van der Waals surface area contributed by atoms with Gasteiger partial charge < -0.3 is 4.74 Å². The zero-order chi connectivity index (χ0) is 8.36.